The number of rotatable bonds is 2. The van der Waals surface area contributed by atoms with Gasteiger partial charge in [-0.15, -0.1) is 0 Å². The van der Waals surface area contributed by atoms with E-state index in [-0.39, 0.29) is 0 Å². The zero-order valence-electron chi connectivity index (χ0n) is 6.91. The van der Waals surface area contributed by atoms with Gasteiger partial charge in [0.25, 0.3) is 0 Å². The molecule has 0 saturated carbocycles. The van der Waals surface area contributed by atoms with Crippen molar-refractivity contribution in [3.8, 4) is 0 Å². The zero-order chi connectivity index (χ0) is 10.6. The molecule has 0 heterocycles. The van der Waals surface area contributed by atoms with Crippen LogP contribution in [0.15, 0.2) is 30.3 Å². The average Bonchev–Trinajstić information content (AvgIpc) is 2.02. The molecule has 1 aromatic rings. The molecule has 0 atom stereocenters. The Labute approximate surface area is 90.6 Å². The summed E-state index contributed by atoms with van der Waals surface area (Å²) in [6.45, 7) is 0. The van der Waals surface area contributed by atoms with E-state index in [4.69, 9.17) is 22.5 Å². The van der Waals surface area contributed by atoms with Crippen LogP contribution in [0.3, 0.4) is 0 Å². The summed E-state index contributed by atoms with van der Waals surface area (Å²) in [5.41, 5.74) is 0.562. The number of nitrogens with one attached hydrogen (secondary N) is 2. The van der Waals surface area contributed by atoms with Crippen LogP contribution in [0.25, 0.3) is 0 Å². The Balaban J connectivity index is 2.55. The molecule has 2 amide bonds. The number of anilines is 1. The molecular weight excluding hydrogens is 246 g/mol. The number of carbonyl (C=O) groups excluding carboxylic acids is 1. The van der Waals surface area contributed by atoms with Gasteiger partial charge in [-0.2, -0.15) is 0 Å². The van der Waals surface area contributed by atoms with Crippen molar-refractivity contribution in [2.45, 2.75) is 0 Å². The summed E-state index contributed by atoms with van der Waals surface area (Å²) in [5, 5.41) is 4.31. The SMILES string of the molecule is O=C(Nc1ccccc1)NP(=O)(Cl)Cl. The van der Waals surface area contributed by atoms with Crippen molar-refractivity contribution in [1.82, 2.24) is 5.09 Å². The van der Waals surface area contributed by atoms with Crippen LogP contribution in [0.2, 0.25) is 0 Å². The van der Waals surface area contributed by atoms with E-state index in [1.54, 1.807) is 30.3 Å². The van der Waals surface area contributed by atoms with Gasteiger partial charge in [-0.3, -0.25) is 9.65 Å². The molecule has 0 aliphatic rings. The Bertz CT molecular complexity index is 365. The molecule has 7 heteroatoms. The molecule has 0 bridgehead atoms. The first-order valence-corrected chi connectivity index (χ1v) is 7.13. The molecule has 0 unspecified atom stereocenters. The summed E-state index contributed by atoms with van der Waals surface area (Å²) in [6.07, 6.45) is 0. The molecule has 0 saturated heterocycles. The molecule has 76 valence electrons. The maximum atomic E-state index is 11.1. The van der Waals surface area contributed by atoms with Crippen LogP contribution in [0, 0.1) is 0 Å². The van der Waals surface area contributed by atoms with Gasteiger partial charge < -0.3 is 5.32 Å². The summed E-state index contributed by atoms with van der Waals surface area (Å²) >= 11 is 10.3. The van der Waals surface area contributed by atoms with Gasteiger partial charge >= 0.3 is 12.0 Å². The maximum Gasteiger partial charge on any atom is 0.346 e. The van der Waals surface area contributed by atoms with Crippen LogP contribution in [-0.4, -0.2) is 6.03 Å². The number of hydrogen-bond donors (Lipinski definition) is 2. The van der Waals surface area contributed by atoms with Crippen LogP contribution < -0.4 is 10.4 Å². The fraction of sp³-hybridized carbons (Fsp3) is 0. The fourth-order valence-corrected chi connectivity index (χ4v) is 1.55. The monoisotopic (exact) mass is 252 g/mol. The van der Waals surface area contributed by atoms with Crippen molar-refractivity contribution < 1.29 is 9.36 Å². The summed E-state index contributed by atoms with van der Waals surface area (Å²) in [7, 11) is 0. The van der Waals surface area contributed by atoms with Gasteiger partial charge in [0.15, 0.2) is 0 Å². The van der Waals surface area contributed by atoms with Crippen LogP contribution in [0.1, 0.15) is 0 Å². The predicted molar refractivity (Wildman–Crippen MR) is 57.9 cm³/mol. The largest absolute Gasteiger partial charge is 0.346 e. The second-order valence-electron chi connectivity index (χ2n) is 2.39. The Kier molecular flexibility index (Phi) is 3.81. The van der Waals surface area contributed by atoms with E-state index >= 15 is 0 Å². The zero-order valence-corrected chi connectivity index (χ0v) is 9.31. The van der Waals surface area contributed by atoms with Crippen molar-refractivity contribution in [3.05, 3.63) is 30.3 Å². The number of carbonyl (C=O) groups is 1. The highest BCUT2D eigenvalue weighted by Crippen LogP contribution is 2.51. The average molecular weight is 253 g/mol. The third-order valence-corrected chi connectivity index (χ3v) is 2.23. The lowest BCUT2D eigenvalue weighted by atomic mass is 10.3. The van der Waals surface area contributed by atoms with Crippen molar-refractivity contribution in [2.75, 3.05) is 5.32 Å². The van der Waals surface area contributed by atoms with Crippen molar-refractivity contribution in [3.63, 3.8) is 0 Å². The smallest absolute Gasteiger partial charge is 0.308 e. The highest BCUT2D eigenvalue weighted by Gasteiger charge is 2.16. The Morgan fingerprint density at radius 3 is 2.29 bits per heavy atom. The van der Waals surface area contributed by atoms with Gasteiger partial charge in [0, 0.05) is 5.69 Å². The number of para-hydroxylation sites is 1. The van der Waals surface area contributed by atoms with Crippen molar-refractivity contribution >= 4 is 40.2 Å². The molecule has 1 rings (SSSR count). The maximum absolute atomic E-state index is 11.1. The summed E-state index contributed by atoms with van der Waals surface area (Å²) in [5.74, 6) is -3.58. The third-order valence-electron chi connectivity index (χ3n) is 1.26. The van der Waals surface area contributed by atoms with Crippen LogP contribution in [-0.2, 0) is 4.57 Å². The standard InChI is InChI=1S/C7H7Cl2N2O2P/c8-14(9,13)11-7(12)10-6-4-2-1-3-5-6/h1-5H,(H2,10,11,12,13). The molecule has 0 radical (unpaired) electrons. The van der Waals surface area contributed by atoms with Gasteiger partial charge in [-0.05, 0) is 34.6 Å². The van der Waals surface area contributed by atoms with Crippen molar-refractivity contribution in [2.24, 2.45) is 0 Å². The normalized spacial score (nSPS) is 10.7. The molecule has 0 aliphatic carbocycles. The number of urea groups is 1. The summed E-state index contributed by atoms with van der Waals surface area (Å²) in [4.78, 5) is 11.1. The van der Waals surface area contributed by atoms with Crippen LogP contribution in [0.5, 0.6) is 0 Å². The number of hydrogen-bond acceptors (Lipinski definition) is 2. The highest BCUT2D eigenvalue weighted by atomic mass is 35.9. The Hall–Kier alpha value is -0.700. The van der Waals surface area contributed by atoms with E-state index < -0.39 is 12.0 Å². The van der Waals surface area contributed by atoms with E-state index in [1.807, 2.05) is 5.09 Å². The third kappa shape index (κ3) is 4.51. The lowest BCUT2D eigenvalue weighted by Gasteiger charge is -2.06. The molecule has 2 N–H and O–H groups in total. The highest BCUT2D eigenvalue weighted by molar-refractivity contribution is 8.07. The van der Waals surface area contributed by atoms with Gasteiger partial charge in [0.1, 0.15) is 0 Å². The van der Waals surface area contributed by atoms with Gasteiger partial charge in [-0.25, -0.2) is 4.79 Å². The van der Waals surface area contributed by atoms with E-state index in [2.05, 4.69) is 5.32 Å². The number of benzene rings is 1. The lowest BCUT2D eigenvalue weighted by molar-refractivity contribution is 0.256. The Morgan fingerprint density at radius 2 is 1.79 bits per heavy atom. The minimum Gasteiger partial charge on any atom is -0.308 e. The molecule has 1 aromatic carbocycles. The first-order chi connectivity index (χ1) is 6.47. The molecule has 0 fully saturated rings. The molecule has 14 heavy (non-hydrogen) atoms. The van der Waals surface area contributed by atoms with E-state index in [0.717, 1.165) is 0 Å². The molecule has 0 aromatic heterocycles. The van der Waals surface area contributed by atoms with Gasteiger partial charge in [0.05, 0.1) is 0 Å². The second-order valence-corrected chi connectivity index (χ2v) is 6.92. The summed E-state index contributed by atoms with van der Waals surface area (Å²) < 4.78 is 10.8. The topological polar surface area (TPSA) is 58.2 Å². The first kappa shape index (κ1) is 11.4. The lowest BCUT2D eigenvalue weighted by Crippen LogP contribution is -2.23. The van der Waals surface area contributed by atoms with Gasteiger partial charge in [-0.1, -0.05) is 18.2 Å². The van der Waals surface area contributed by atoms with Crippen LogP contribution >= 0.6 is 28.5 Å². The minimum atomic E-state index is -3.58. The quantitative estimate of drug-likeness (QED) is 0.793. The minimum absolute atomic E-state index is 0.562. The van der Waals surface area contributed by atoms with E-state index in [1.165, 1.54) is 0 Å². The number of halogens is 2. The number of amides is 2. The second kappa shape index (κ2) is 4.69. The van der Waals surface area contributed by atoms with E-state index in [0.29, 0.717) is 5.69 Å². The molecule has 0 spiro atoms. The predicted octanol–water partition coefficient (Wildman–Crippen LogP) is 3.39. The van der Waals surface area contributed by atoms with Gasteiger partial charge in [0.2, 0.25) is 0 Å². The molecular formula is C7H7Cl2N2O2P. The fourth-order valence-electron chi connectivity index (χ4n) is 0.799. The summed E-state index contributed by atoms with van der Waals surface area (Å²) in [6, 6.07) is 7.94. The molecule has 0 aliphatic heterocycles. The van der Waals surface area contributed by atoms with E-state index in [9.17, 15) is 9.36 Å². The van der Waals surface area contributed by atoms with Crippen LogP contribution in [0.4, 0.5) is 10.5 Å². The first-order valence-electron chi connectivity index (χ1n) is 3.61. The Morgan fingerprint density at radius 1 is 1.21 bits per heavy atom. The van der Waals surface area contributed by atoms with Crippen molar-refractivity contribution in [1.29, 1.82) is 0 Å². The molecule has 4 nitrogen and oxygen atoms in total.